The van der Waals surface area contributed by atoms with Crippen LogP contribution < -0.4 is 9.47 Å². The summed E-state index contributed by atoms with van der Waals surface area (Å²) in [6.45, 7) is 5.90. The Morgan fingerprint density at radius 3 is 2.96 bits per heavy atom. The van der Waals surface area contributed by atoms with Gasteiger partial charge in [-0.2, -0.15) is 0 Å². The third kappa shape index (κ3) is 3.08. The Bertz CT molecular complexity index is 605. The summed E-state index contributed by atoms with van der Waals surface area (Å²) in [5.41, 5.74) is 0.627. The molecule has 0 saturated carbocycles. The number of ether oxygens (including phenoxy) is 4. The second-order valence-corrected chi connectivity index (χ2v) is 6.60. The predicted octanol–water partition coefficient (Wildman–Crippen LogP) is 1.50. The quantitative estimate of drug-likeness (QED) is 0.735. The summed E-state index contributed by atoms with van der Waals surface area (Å²) >= 11 is 0. The molecule has 2 aliphatic heterocycles. The molecule has 6 heteroatoms. The number of likely N-dealkylation sites (tertiary alicyclic amines) is 1. The number of esters is 1. The van der Waals surface area contributed by atoms with Gasteiger partial charge in [-0.25, -0.2) is 0 Å². The molecular weight excluding hydrogens is 310 g/mol. The average molecular weight is 335 g/mol. The van der Waals surface area contributed by atoms with Gasteiger partial charge in [-0.05, 0) is 24.6 Å². The van der Waals surface area contributed by atoms with E-state index < -0.39 is 5.41 Å². The zero-order valence-corrected chi connectivity index (χ0v) is 14.5. The van der Waals surface area contributed by atoms with Crippen molar-refractivity contribution in [3.63, 3.8) is 0 Å². The van der Waals surface area contributed by atoms with E-state index in [1.807, 2.05) is 25.1 Å². The van der Waals surface area contributed by atoms with Crippen molar-refractivity contribution in [3.8, 4) is 11.5 Å². The molecule has 0 spiro atoms. The van der Waals surface area contributed by atoms with Gasteiger partial charge in [-0.15, -0.1) is 0 Å². The van der Waals surface area contributed by atoms with Gasteiger partial charge in [0, 0.05) is 25.6 Å². The van der Waals surface area contributed by atoms with E-state index in [0.29, 0.717) is 26.4 Å². The van der Waals surface area contributed by atoms with E-state index in [9.17, 15) is 4.79 Å². The summed E-state index contributed by atoms with van der Waals surface area (Å²) in [4.78, 5) is 14.5. The Kier molecular flexibility index (Phi) is 4.96. The van der Waals surface area contributed by atoms with Gasteiger partial charge in [-0.1, -0.05) is 6.07 Å². The monoisotopic (exact) mass is 335 g/mol. The molecule has 24 heavy (non-hydrogen) atoms. The minimum absolute atomic E-state index is 0.159. The van der Waals surface area contributed by atoms with Gasteiger partial charge in [-0.3, -0.25) is 9.69 Å². The molecule has 2 aliphatic rings. The van der Waals surface area contributed by atoms with Gasteiger partial charge >= 0.3 is 5.97 Å². The van der Waals surface area contributed by atoms with Crippen molar-refractivity contribution in [2.45, 2.75) is 6.92 Å². The maximum absolute atomic E-state index is 12.2. The molecule has 0 aromatic heterocycles. The van der Waals surface area contributed by atoms with Crippen LogP contribution in [0.1, 0.15) is 5.56 Å². The van der Waals surface area contributed by atoms with Crippen molar-refractivity contribution in [1.29, 1.82) is 0 Å². The van der Waals surface area contributed by atoms with Crippen molar-refractivity contribution >= 4 is 5.97 Å². The van der Waals surface area contributed by atoms with Crippen molar-refractivity contribution in [2.24, 2.45) is 11.3 Å². The standard InChI is InChI=1S/C18H25NO5/c1-13-4-5-15(16(8-13)21-2)24-7-6-19-9-14-10-23-12-18(14,11-19)17(20)22-3/h4-5,8,14H,6-7,9-12H2,1-3H3/t14-,18-/m0/s1. The molecule has 0 radical (unpaired) electrons. The lowest BCUT2D eigenvalue weighted by Gasteiger charge is -2.24. The first-order valence-corrected chi connectivity index (χ1v) is 8.25. The summed E-state index contributed by atoms with van der Waals surface area (Å²) in [5.74, 6) is 1.54. The van der Waals surface area contributed by atoms with Gasteiger partial charge in [0.1, 0.15) is 12.0 Å². The predicted molar refractivity (Wildman–Crippen MR) is 88.4 cm³/mol. The van der Waals surface area contributed by atoms with Crippen molar-refractivity contribution in [2.75, 3.05) is 53.7 Å². The lowest BCUT2D eigenvalue weighted by molar-refractivity contribution is -0.153. The van der Waals surface area contributed by atoms with E-state index in [4.69, 9.17) is 18.9 Å². The van der Waals surface area contributed by atoms with Crippen LogP contribution in [0.5, 0.6) is 11.5 Å². The molecule has 132 valence electrons. The van der Waals surface area contributed by atoms with Crippen LogP contribution in [0.25, 0.3) is 0 Å². The van der Waals surface area contributed by atoms with Gasteiger partial charge < -0.3 is 18.9 Å². The maximum Gasteiger partial charge on any atom is 0.315 e. The van der Waals surface area contributed by atoms with Crippen LogP contribution in [0.15, 0.2) is 18.2 Å². The molecule has 2 fully saturated rings. The number of hydrogen-bond acceptors (Lipinski definition) is 6. The minimum atomic E-state index is -0.504. The first-order chi connectivity index (χ1) is 11.6. The molecule has 0 amide bonds. The SMILES string of the molecule is COC(=O)[C@@]12COC[C@@H]1CN(CCOc1ccc(C)cc1OC)C2. The normalized spacial score (nSPS) is 26.2. The lowest BCUT2D eigenvalue weighted by atomic mass is 9.81. The first-order valence-electron chi connectivity index (χ1n) is 8.25. The third-order valence-electron chi connectivity index (χ3n) is 5.02. The van der Waals surface area contributed by atoms with Gasteiger partial charge in [0.25, 0.3) is 0 Å². The molecule has 0 N–H and O–H groups in total. The molecule has 2 atom stereocenters. The number of carbonyl (C=O) groups excluding carboxylic acids is 1. The number of rotatable bonds is 6. The Hall–Kier alpha value is -1.79. The Morgan fingerprint density at radius 2 is 2.21 bits per heavy atom. The number of nitrogens with zero attached hydrogens (tertiary/aromatic N) is 1. The van der Waals surface area contributed by atoms with E-state index in [2.05, 4.69) is 4.90 Å². The number of benzene rings is 1. The fourth-order valence-corrected chi connectivity index (χ4v) is 3.68. The van der Waals surface area contributed by atoms with E-state index in [0.717, 1.165) is 30.2 Å². The van der Waals surface area contributed by atoms with Crippen LogP contribution in [0, 0.1) is 18.3 Å². The number of methoxy groups -OCH3 is 2. The number of hydrogen-bond donors (Lipinski definition) is 0. The molecule has 2 heterocycles. The maximum atomic E-state index is 12.2. The molecule has 3 rings (SSSR count). The molecule has 0 bridgehead atoms. The van der Waals surface area contributed by atoms with Gasteiger partial charge in [0.15, 0.2) is 11.5 Å². The second kappa shape index (κ2) is 6.99. The molecule has 2 saturated heterocycles. The number of fused-ring (bicyclic) bond motifs is 1. The zero-order valence-electron chi connectivity index (χ0n) is 14.5. The van der Waals surface area contributed by atoms with Crippen LogP contribution in [0.4, 0.5) is 0 Å². The average Bonchev–Trinajstić information content (AvgIpc) is 3.13. The fourth-order valence-electron chi connectivity index (χ4n) is 3.68. The highest BCUT2D eigenvalue weighted by molar-refractivity contribution is 5.78. The highest BCUT2D eigenvalue weighted by Crippen LogP contribution is 2.42. The van der Waals surface area contributed by atoms with E-state index in [1.165, 1.54) is 7.11 Å². The third-order valence-corrected chi connectivity index (χ3v) is 5.02. The fraction of sp³-hybridized carbons (Fsp3) is 0.611. The minimum Gasteiger partial charge on any atom is -0.493 e. The highest BCUT2D eigenvalue weighted by Gasteiger charge is 2.56. The van der Waals surface area contributed by atoms with E-state index in [-0.39, 0.29) is 11.9 Å². The Balaban J connectivity index is 1.56. The van der Waals surface area contributed by atoms with Crippen LogP contribution in [0.2, 0.25) is 0 Å². The zero-order chi connectivity index (χ0) is 17.2. The van der Waals surface area contributed by atoms with Gasteiger partial charge in [0.05, 0.1) is 27.4 Å². The summed E-state index contributed by atoms with van der Waals surface area (Å²) in [5, 5.41) is 0. The lowest BCUT2D eigenvalue weighted by Crippen LogP contribution is -2.40. The number of carbonyl (C=O) groups is 1. The van der Waals surface area contributed by atoms with Crippen molar-refractivity contribution in [3.05, 3.63) is 23.8 Å². The summed E-state index contributed by atoms with van der Waals surface area (Å²) in [6, 6.07) is 5.89. The molecule has 1 aromatic rings. The molecule has 0 aliphatic carbocycles. The molecular formula is C18H25NO5. The highest BCUT2D eigenvalue weighted by atomic mass is 16.5. The smallest absolute Gasteiger partial charge is 0.315 e. The van der Waals surface area contributed by atoms with Crippen LogP contribution in [-0.4, -0.2) is 64.5 Å². The van der Waals surface area contributed by atoms with Crippen molar-refractivity contribution in [1.82, 2.24) is 4.90 Å². The van der Waals surface area contributed by atoms with E-state index in [1.54, 1.807) is 7.11 Å². The number of aryl methyl sites for hydroxylation is 1. The van der Waals surface area contributed by atoms with Crippen LogP contribution in [0.3, 0.4) is 0 Å². The summed E-state index contributed by atoms with van der Waals surface area (Å²) in [6.07, 6.45) is 0. The van der Waals surface area contributed by atoms with Crippen molar-refractivity contribution < 1.29 is 23.7 Å². The summed E-state index contributed by atoms with van der Waals surface area (Å²) < 4.78 is 21.8. The largest absolute Gasteiger partial charge is 0.493 e. The molecule has 6 nitrogen and oxygen atoms in total. The Morgan fingerprint density at radius 1 is 1.38 bits per heavy atom. The first kappa shape index (κ1) is 17.0. The van der Waals surface area contributed by atoms with Crippen LogP contribution >= 0.6 is 0 Å². The molecule has 1 aromatic carbocycles. The van der Waals surface area contributed by atoms with Crippen LogP contribution in [-0.2, 0) is 14.3 Å². The van der Waals surface area contributed by atoms with Gasteiger partial charge in [0.2, 0.25) is 0 Å². The van der Waals surface area contributed by atoms with E-state index >= 15 is 0 Å². The summed E-state index contributed by atoms with van der Waals surface area (Å²) in [7, 11) is 3.09. The molecule has 0 unspecified atom stereocenters. The Labute approximate surface area is 142 Å². The topological polar surface area (TPSA) is 57.2 Å². The second-order valence-electron chi connectivity index (χ2n) is 6.60.